The number of amides is 1. The highest BCUT2D eigenvalue weighted by atomic mass is 19.1. The molecule has 6 heteroatoms. The van der Waals surface area contributed by atoms with Gasteiger partial charge in [0.2, 0.25) is 5.91 Å². The molecule has 0 saturated carbocycles. The van der Waals surface area contributed by atoms with Crippen molar-refractivity contribution >= 4 is 5.91 Å². The van der Waals surface area contributed by atoms with Crippen LogP contribution < -0.4 is 4.74 Å². The lowest BCUT2D eigenvalue weighted by Crippen LogP contribution is -2.53. The van der Waals surface area contributed by atoms with E-state index in [0.717, 1.165) is 38.9 Å². The van der Waals surface area contributed by atoms with Crippen molar-refractivity contribution in [2.24, 2.45) is 0 Å². The Morgan fingerprint density at radius 1 is 1.17 bits per heavy atom. The zero-order chi connectivity index (χ0) is 17.0. The summed E-state index contributed by atoms with van der Waals surface area (Å²) in [5.41, 5.74) is -0.974. The molecular formula is C18H25FN2O3. The van der Waals surface area contributed by atoms with Crippen LogP contribution in [0.2, 0.25) is 0 Å². The Hall–Kier alpha value is -1.66. The number of likely N-dealkylation sites (tertiary alicyclic amines) is 2. The zero-order valence-corrected chi connectivity index (χ0v) is 13.9. The highest BCUT2D eigenvalue weighted by Gasteiger charge is 2.35. The molecule has 0 radical (unpaired) electrons. The maximum absolute atomic E-state index is 12.9. The summed E-state index contributed by atoms with van der Waals surface area (Å²) in [6.07, 6.45) is 3.64. The van der Waals surface area contributed by atoms with E-state index in [2.05, 4.69) is 0 Å². The molecule has 2 fully saturated rings. The average molecular weight is 336 g/mol. The number of rotatable bonds is 5. The van der Waals surface area contributed by atoms with Gasteiger partial charge in [-0.2, -0.15) is 0 Å². The standard InChI is InChI=1S/C18H25FN2O3/c19-15-4-6-16(7-5-15)24-14-18(23)8-3-9-20(13-18)12-17(22)21-10-1-2-11-21/h4-7,23H,1-3,8-14H2/t18-/m0/s1. The molecule has 0 aliphatic carbocycles. The molecule has 2 saturated heterocycles. The molecule has 132 valence electrons. The first-order chi connectivity index (χ1) is 11.5. The Morgan fingerprint density at radius 2 is 1.88 bits per heavy atom. The molecule has 0 bridgehead atoms. The predicted octanol–water partition coefficient (Wildman–Crippen LogP) is 1.65. The second kappa shape index (κ2) is 7.49. The number of nitrogens with zero attached hydrogens (tertiary/aromatic N) is 2. The molecule has 0 spiro atoms. The van der Waals surface area contributed by atoms with Gasteiger partial charge in [0.15, 0.2) is 0 Å². The number of carbonyl (C=O) groups excluding carboxylic acids is 1. The summed E-state index contributed by atoms with van der Waals surface area (Å²) in [5.74, 6) is 0.372. The summed E-state index contributed by atoms with van der Waals surface area (Å²) in [4.78, 5) is 16.2. The fourth-order valence-electron chi connectivity index (χ4n) is 3.47. The van der Waals surface area contributed by atoms with Crippen molar-refractivity contribution in [3.05, 3.63) is 30.1 Å². The number of piperidine rings is 1. The van der Waals surface area contributed by atoms with E-state index in [1.54, 1.807) is 12.1 Å². The third-order valence-corrected chi connectivity index (χ3v) is 4.77. The molecule has 1 amide bonds. The molecule has 2 heterocycles. The van der Waals surface area contributed by atoms with E-state index >= 15 is 0 Å². The summed E-state index contributed by atoms with van der Waals surface area (Å²) in [7, 11) is 0. The number of benzene rings is 1. The van der Waals surface area contributed by atoms with E-state index in [0.29, 0.717) is 25.3 Å². The Bertz CT molecular complexity index is 560. The van der Waals surface area contributed by atoms with Gasteiger partial charge >= 0.3 is 0 Å². The van der Waals surface area contributed by atoms with Crippen molar-refractivity contribution in [1.29, 1.82) is 0 Å². The van der Waals surface area contributed by atoms with Gasteiger partial charge in [0.05, 0.1) is 6.54 Å². The van der Waals surface area contributed by atoms with Crippen LogP contribution in [0.4, 0.5) is 4.39 Å². The smallest absolute Gasteiger partial charge is 0.236 e. The number of hydrogen-bond donors (Lipinski definition) is 1. The van der Waals surface area contributed by atoms with Gasteiger partial charge in [0, 0.05) is 19.6 Å². The average Bonchev–Trinajstić information content (AvgIpc) is 3.09. The van der Waals surface area contributed by atoms with Gasteiger partial charge in [-0.15, -0.1) is 0 Å². The highest BCUT2D eigenvalue weighted by molar-refractivity contribution is 5.78. The fraction of sp³-hybridized carbons (Fsp3) is 0.611. The van der Waals surface area contributed by atoms with Gasteiger partial charge in [-0.05, 0) is 56.5 Å². The largest absolute Gasteiger partial charge is 0.491 e. The van der Waals surface area contributed by atoms with Crippen molar-refractivity contribution in [2.45, 2.75) is 31.3 Å². The first kappa shape index (κ1) is 17.2. The molecule has 24 heavy (non-hydrogen) atoms. The van der Waals surface area contributed by atoms with Crippen LogP contribution in [0.5, 0.6) is 5.75 Å². The Balaban J connectivity index is 1.51. The maximum atomic E-state index is 12.9. The lowest BCUT2D eigenvalue weighted by molar-refractivity contribution is -0.133. The zero-order valence-electron chi connectivity index (χ0n) is 13.9. The number of β-amino-alcohol motifs (C(OH)–C–C–N with tert-alkyl or cyclic N) is 1. The summed E-state index contributed by atoms with van der Waals surface area (Å²) < 4.78 is 18.5. The molecule has 1 aromatic rings. The van der Waals surface area contributed by atoms with Crippen LogP contribution in [0.15, 0.2) is 24.3 Å². The first-order valence-electron chi connectivity index (χ1n) is 8.65. The number of halogens is 1. The fourth-order valence-corrected chi connectivity index (χ4v) is 3.47. The molecule has 1 atom stereocenters. The summed E-state index contributed by atoms with van der Waals surface area (Å²) >= 11 is 0. The lowest BCUT2D eigenvalue weighted by atomic mass is 9.93. The molecule has 5 nitrogen and oxygen atoms in total. The highest BCUT2D eigenvalue weighted by Crippen LogP contribution is 2.23. The lowest BCUT2D eigenvalue weighted by Gasteiger charge is -2.39. The van der Waals surface area contributed by atoms with E-state index in [-0.39, 0.29) is 18.3 Å². The van der Waals surface area contributed by atoms with Crippen LogP contribution in [-0.2, 0) is 4.79 Å². The van der Waals surface area contributed by atoms with Crippen LogP contribution in [-0.4, -0.2) is 65.7 Å². The summed E-state index contributed by atoms with van der Waals surface area (Å²) in [5, 5.41) is 10.8. The molecule has 2 aliphatic rings. The third kappa shape index (κ3) is 4.45. The van der Waals surface area contributed by atoms with Gasteiger partial charge < -0.3 is 14.7 Å². The first-order valence-corrected chi connectivity index (χ1v) is 8.65. The normalized spacial score (nSPS) is 25.0. The Kier molecular flexibility index (Phi) is 5.36. The van der Waals surface area contributed by atoms with E-state index in [1.807, 2.05) is 9.80 Å². The van der Waals surface area contributed by atoms with Crippen molar-refractivity contribution in [3.8, 4) is 5.75 Å². The minimum atomic E-state index is -0.974. The number of aliphatic hydroxyl groups is 1. The molecule has 0 unspecified atom stereocenters. The number of ether oxygens (including phenoxy) is 1. The second-order valence-corrected chi connectivity index (χ2v) is 6.87. The second-order valence-electron chi connectivity index (χ2n) is 6.87. The van der Waals surface area contributed by atoms with Crippen molar-refractivity contribution in [3.63, 3.8) is 0 Å². The third-order valence-electron chi connectivity index (χ3n) is 4.77. The van der Waals surface area contributed by atoms with E-state index in [1.165, 1.54) is 12.1 Å². The van der Waals surface area contributed by atoms with Crippen LogP contribution in [0.3, 0.4) is 0 Å². The minimum Gasteiger partial charge on any atom is -0.491 e. The van der Waals surface area contributed by atoms with Gasteiger partial charge in [0.1, 0.15) is 23.8 Å². The Morgan fingerprint density at radius 3 is 2.58 bits per heavy atom. The Labute approximate surface area is 142 Å². The molecule has 1 N–H and O–H groups in total. The van der Waals surface area contributed by atoms with E-state index in [4.69, 9.17) is 4.74 Å². The SMILES string of the molecule is O=C(CN1CCC[C@@](O)(COc2ccc(F)cc2)C1)N1CCCC1. The van der Waals surface area contributed by atoms with Gasteiger partial charge in [-0.3, -0.25) is 9.69 Å². The monoisotopic (exact) mass is 336 g/mol. The quantitative estimate of drug-likeness (QED) is 0.888. The van der Waals surface area contributed by atoms with Crippen LogP contribution >= 0.6 is 0 Å². The molecule has 2 aliphatic heterocycles. The van der Waals surface area contributed by atoms with Crippen molar-refractivity contribution in [1.82, 2.24) is 9.80 Å². The summed E-state index contributed by atoms with van der Waals surface area (Å²) in [6.45, 7) is 3.45. The van der Waals surface area contributed by atoms with E-state index in [9.17, 15) is 14.3 Å². The number of hydrogen-bond acceptors (Lipinski definition) is 4. The molecule has 1 aromatic carbocycles. The van der Waals surface area contributed by atoms with Gasteiger partial charge in [-0.25, -0.2) is 4.39 Å². The van der Waals surface area contributed by atoms with Crippen LogP contribution in [0.25, 0.3) is 0 Å². The summed E-state index contributed by atoms with van der Waals surface area (Å²) in [6, 6.07) is 5.77. The van der Waals surface area contributed by atoms with Crippen LogP contribution in [0.1, 0.15) is 25.7 Å². The van der Waals surface area contributed by atoms with E-state index < -0.39 is 5.60 Å². The number of carbonyl (C=O) groups is 1. The molecular weight excluding hydrogens is 311 g/mol. The van der Waals surface area contributed by atoms with Crippen molar-refractivity contribution < 1.29 is 19.0 Å². The molecule has 3 rings (SSSR count). The van der Waals surface area contributed by atoms with Gasteiger partial charge in [-0.1, -0.05) is 0 Å². The predicted molar refractivity (Wildman–Crippen MR) is 88.3 cm³/mol. The van der Waals surface area contributed by atoms with Crippen LogP contribution in [0, 0.1) is 5.82 Å². The van der Waals surface area contributed by atoms with Gasteiger partial charge in [0.25, 0.3) is 0 Å². The van der Waals surface area contributed by atoms with Crippen molar-refractivity contribution in [2.75, 3.05) is 39.3 Å². The maximum Gasteiger partial charge on any atom is 0.236 e. The topological polar surface area (TPSA) is 53.0 Å². The minimum absolute atomic E-state index is 0.146. The molecule has 0 aromatic heterocycles.